The van der Waals surface area contributed by atoms with Crippen LogP contribution in [0.25, 0.3) is 0 Å². The number of halogens is 1. The zero-order valence-corrected chi connectivity index (χ0v) is 19.6. The molecule has 0 bridgehead atoms. The van der Waals surface area contributed by atoms with Gasteiger partial charge >= 0.3 is 0 Å². The molecule has 0 aliphatic carbocycles. The molecular formula is C25H28ClN5O3. The minimum absolute atomic E-state index is 0.175. The lowest BCUT2D eigenvalue weighted by molar-refractivity contribution is -0.133. The molecule has 1 aromatic heterocycles. The van der Waals surface area contributed by atoms with Crippen molar-refractivity contribution in [2.24, 2.45) is 0 Å². The van der Waals surface area contributed by atoms with Crippen molar-refractivity contribution in [2.45, 2.75) is 32.4 Å². The smallest absolute Gasteiger partial charge is 0.256 e. The Morgan fingerprint density at radius 3 is 2.62 bits per heavy atom. The number of benzene rings is 2. The van der Waals surface area contributed by atoms with E-state index in [0.29, 0.717) is 49.0 Å². The third kappa shape index (κ3) is 6.29. The number of hydrogen-bond acceptors (Lipinski definition) is 5. The number of rotatable bonds is 9. The van der Waals surface area contributed by atoms with E-state index in [1.165, 1.54) is 0 Å². The third-order valence-corrected chi connectivity index (χ3v) is 5.88. The van der Waals surface area contributed by atoms with Gasteiger partial charge < -0.3 is 20.7 Å². The van der Waals surface area contributed by atoms with E-state index in [2.05, 4.69) is 10.4 Å². The summed E-state index contributed by atoms with van der Waals surface area (Å²) in [5, 5.41) is 7.65. The molecule has 2 amide bonds. The molecule has 0 unspecified atom stereocenters. The number of anilines is 1. The molecule has 2 aromatic carbocycles. The minimum Gasteiger partial charge on any atom is -0.492 e. The molecule has 4 rings (SSSR count). The molecule has 178 valence electrons. The van der Waals surface area contributed by atoms with Crippen molar-refractivity contribution in [1.29, 1.82) is 0 Å². The van der Waals surface area contributed by atoms with Gasteiger partial charge in [0.25, 0.3) is 5.91 Å². The topological polar surface area (TPSA) is 102 Å². The first kappa shape index (κ1) is 23.6. The van der Waals surface area contributed by atoms with Crippen molar-refractivity contribution in [3.8, 4) is 5.75 Å². The highest BCUT2D eigenvalue weighted by Gasteiger charge is 2.18. The molecule has 1 saturated heterocycles. The van der Waals surface area contributed by atoms with Crippen molar-refractivity contribution in [2.75, 3.05) is 25.4 Å². The van der Waals surface area contributed by atoms with Crippen LogP contribution in [0.15, 0.2) is 54.7 Å². The largest absolute Gasteiger partial charge is 0.492 e. The van der Waals surface area contributed by atoms with E-state index in [0.717, 1.165) is 30.5 Å². The Hall–Kier alpha value is -3.52. The Kier molecular flexibility index (Phi) is 7.69. The van der Waals surface area contributed by atoms with Gasteiger partial charge in [-0.2, -0.15) is 5.10 Å². The highest BCUT2D eigenvalue weighted by molar-refractivity contribution is 6.30. The van der Waals surface area contributed by atoms with Crippen molar-refractivity contribution in [1.82, 2.24) is 20.0 Å². The maximum atomic E-state index is 12.5. The van der Waals surface area contributed by atoms with Gasteiger partial charge in [-0.15, -0.1) is 0 Å². The summed E-state index contributed by atoms with van der Waals surface area (Å²) in [6.45, 7) is 2.56. The quantitative estimate of drug-likeness (QED) is 0.455. The molecule has 2 heterocycles. The van der Waals surface area contributed by atoms with Crippen LogP contribution in [0.3, 0.4) is 0 Å². The first-order valence-electron chi connectivity index (χ1n) is 11.3. The fourth-order valence-corrected chi connectivity index (χ4v) is 4.04. The van der Waals surface area contributed by atoms with Crippen LogP contribution >= 0.6 is 11.6 Å². The van der Waals surface area contributed by atoms with Crippen LogP contribution in [0.4, 0.5) is 5.82 Å². The van der Waals surface area contributed by atoms with Gasteiger partial charge in [-0.1, -0.05) is 41.9 Å². The fraction of sp³-hybridized carbons (Fsp3) is 0.320. The summed E-state index contributed by atoms with van der Waals surface area (Å²) in [7, 11) is 0. The molecule has 1 fully saturated rings. The second kappa shape index (κ2) is 11.1. The molecule has 0 atom stereocenters. The van der Waals surface area contributed by atoms with Gasteiger partial charge in [-0.25, -0.2) is 0 Å². The Bertz CT molecular complexity index is 1150. The van der Waals surface area contributed by atoms with Crippen molar-refractivity contribution in [3.63, 3.8) is 0 Å². The monoisotopic (exact) mass is 481 g/mol. The lowest BCUT2D eigenvalue weighted by Gasteiger charge is -2.26. The van der Waals surface area contributed by atoms with Gasteiger partial charge in [0, 0.05) is 30.7 Å². The highest BCUT2D eigenvalue weighted by atomic mass is 35.5. The number of nitrogens with one attached hydrogen (secondary N) is 1. The van der Waals surface area contributed by atoms with Crippen LogP contribution in [0, 0.1) is 0 Å². The Labute approximate surface area is 203 Å². The van der Waals surface area contributed by atoms with Gasteiger partial charge in [-0.05, 0) is 42.2 Å². The standard InChI is InChI=1S/C25H28ClN5O3/c26-20-4-3-5-21(14-20)34-13-11-28-25(33)22-17-31(29-24(22)27)16-19-9-7-18(8-10-19)15-30-12-2-1-6-23(30)32/h3-5,7-10,14,17H,1-2,6,11-13,15-16H2,(H2,27,29)(H,28,33). The Morgan fingerprint density at radius 2 is 1.88 bits per heavy atom. The number of nitrogens with zero attached hydrogens (tertiary/aromatic N) is 3. The van der Waals surface area contributed by atoms with E-state index >= 15 is 0 Å². The van der Waals surface area contributed by atoms with Crippen LogP contribution in [0.2, 0.25) is 5.02 Å². The average molecular weight is 482 g/mol. The zero-order valence-electron chi connectivity index (χ0n) is 18.9. The first-order chi connectivity index (χ1) is 16.5. The van der Waals surface area contributed by atoms with Gasteiger partial charge in [-0.3, -0.25) is 14.3 Å². The van der Waals surface area contributed by atoms with Gasteiger partial charge in [0.05, 0.1) is 13.1 Å². The van der Waals surface area contributed by atoms with Crippen LogP contribution in [0.1, 0.15) is 40.7 Å². The van der Waals surface area contributed by atoms with Gasteiger partial charge in [0.2, 0.25) is 5.91 Å². The number of piperidine rings is 1. The zero-order chi connectivity index (χ0) is 23.9. The summed E-state index contributed by atoms with van der Waals surface area (Å²) in [4.78, 5) is 26.4. The predicted molar refractivity (Wildman–Crippen MR) is 131 cm³/mol. The first-order valence-corrected chi connectivity index (χ1v) is 11.7. The van der Waals surface area contributed by atoms with Crippen LogP contribution in [-0.2, 0) is 17.9 Å². The molecule has 3 aromatic rings. The van der Waals surface area contributed by atoms with Gasteiger partial charge in [0.15, 0.2) is 5.82 Å². The summed E-state index contributed by atoms with van der Waals surface area (Å²) in [6.07, 6.45) is 4.33. The third-order valence-electron chi connectivity index (χ3n) is 5.65. The molecule has 0 spiro atoms. The number of nitrogens with two attached hydrogens (primary N) is 1. The molecule has 1 aliphatic heterocycles. The van der Waals surface area contributed by atoms with E-state index in [1.54, 1.807) is 35.1 Å². The molecule has 9 heteroatoms. The summed E-state index contributed by atoms with van der Waals surface area (Å²) >= 11 is 5.93. The maximum absolute atomic E-state index is 12.5. The van der Waals surface area contributed by atoms with Crippen LogP contribution < -0.4 is 15.8 Å². The minimum atomic E-state index is -0.306. The summed E-state index contributed by atoms with van der Waals surface area (Å²) in [5.74, 6) is 0.736. The van der Waals surface area contributed by atoms with Crippen molar-refractivity contribution in [3.05, 3.63) is 76.4 Å². The summed E-state index contributed by atoms with van der Waals surface area (Å²) < 4.78 is 7.23. The summed E-state index contributed by atoms with van der Waals surface area (Å²) in [6, 6.07) is 15.1. The molecule has 0 saturated carbocycles. The molecule has 8 nitrogen and oxygen atoms in total. The van der Waals surface area contributed by atoms with E-state index in [4.69, 9.17) is 22.1 Å². The van der Waals surface area contributed by atoms with E-state index in [1.807, 2.05) is 29.2 Å². The number of nitrogen functional groups attached to an aromatic ring is 1. The number of aromatic nitrogens is 2. The van der Waals surface area contributed by atoms with Crippen LogP contribution in [-0.4, -0.2) is 46.2 Å². The van der Waals surface area contributed by atoms with E-state index < -0.39 is 0 Å². The normalized spacial score (nSPS) is 13.7. The number of likely N-dealkylation sites (tertiary alicyclic amines) is 1. The number of carbonyl (C=O) groups is 2. The second-order valence-electron chi connectivity index (χ2n) is 8.28. The second-order valence-corrected chi connectivity index (χ2v) is 8.71. The Morgan fingerprint density at radius 1 is 1.12 bits per heavy atom. The summed E-state index contributed by atoms with van der Waals surface area (Å²) in [5.41, 5.74) is 8.42. The number of carbonyl (C=O) groups excluding carboxylic acids is 2. The van der Waals surface area contributed by atoms with Crippen molar-refractivity contribution < 1.29 is 14.3 Å². The average Bonchev–Trinajstić information content (AvgIpc) is 3.19. The lowest BCUT2D eigenvalue weighted by Crippen LogP contribution is -2.34. The Balaban J connectivity index is 1.27. The number of amides is 2. The maximum Gasteiger partial charge on any atom is 0.256 e. The van der Waals surface area contributed by atoms with Gasteiger partial charge in [0.1, 0.15) is 17.9 Å². The molecule has 34 heavy (non-hydrogen) atoms. The molecule has 3 N–H and O–H groups in total. The molecule has 1 aliphatic rings. The predicted octanol–water partition coefficient (Wildman–Crippen LogP) is 3.49. The molecular weight excluding hydrogens is 454 g/mol. The van der Waals surface area contributed by atoms with Crippen LogP contribution in [0.5, 0.6) is 5.75 Å². The number of ether oxygens (including phenoxy) is 1. The van der Waals surface area contributed by atoms with Crippen molar-refractivity contribution >= 4 is 29.2 Å². The van der Waals surface area contributed by atoms with E-state index in [-0.39, 0.29) is 17.6 Å². The molecule has 0 radical (unpaired) electrons. The highest BCUT2D eigenvalue weighted by Crippen LogP contribution is 2.18. The number of hydrogen-bond donors (Lipinski definition) is 2. The SMILES string of the molecule is Nc1nn(Cc2ccc(CN3CCCCC3=O)cc2)cc1C(=O)NCCOc1cccc(Cl)c1. The van der Waals surface area contributed by atoms with E-state index in [9.17, 15) is 9.59 Å². The fourth-order valence-electron chi connectivity index (χ4n) is 3.86. The lowest BCUT2D eigenvalue weighted by atomic mass is 10.1.